The smallest absolute Gasteiger partial charge is 0.312 e. The second-order valence-electron chi connectivity index (χ2n) is 4.19. The minimum Gasteiger partial charge on any atom is -0.466 e. The first-order chi connectivity index (χ1) is 7.59. The third kappa shape index (κ3) is 1.70. The maximum atomic E-state index is 14.4. The van der Waals surface area contributed by atoms with Crippen LogP contribution < -0.4 is 0 Å². The molecule has 0 aromatic heterocycles. The number of alkyl halides is 1. The first kappa shape index (κ1) is 11.1. The standard InChI is InChI=1S/C13H15FO2/c1-3-16-12(15)11-8-13(11,14)10-7-5-4-6-9(10)2/h4-7,11H,3,8H2,1-2H3/t11-,13+/m1/s1. The average molecular weight is 222 g/mol. The van der Waals surface area contributed by atoms with E-state index in [4.69, 9.17) is 4.74 Å². The Labute approximate surface area is 94.4 Å². The van der Waals surface area contributed by atoms with Crippen molar-refractivity contribution in [3.05, 3.63) is 35.4 Å². The molecule has 86 valence electrons. The molecular formula is C13H15FO2. The van der Waals surface area contributed by atoms with Crippen LogP contribution in [0.1, 0.15) is 24.5 Å². The molecule has 1 aromatic rings. The normalized spacial score (nSPS) is 27.6. The Morgan fingerprint density at radius 2 is 2.25 bits per heavy atom. The zero-order valence-electron chi connectivity index (χ0n) is 9.50. The van der Waals surface area contributed by atoms with Crippen LogP contribution >= 0.6 is 0 Å². The SMILES string of the molecule is CCOC(=O)[C@H]1C[C@]1(F)c1ccccc1C. The van der Waals surface area contributed by atoms with Gasteiger partial charge in [-0.05, 0) is 25.0 Å². The predicted molar refractivity (Wildman–Crippen MR) is 58.7 cm³/mol. The molecule has 0 bridgehead atoms. The van der Waals surface area contributed by atoms with Crippen LogP contribution in [0.25, 0.3) is 0 Å². The lowest BCUT2D eigenvalue weighted by Gasteiger charge is -2.10. The molecule has 1 fully saturated rings. The van der Waals surface area contributed by atoms with Crippen LogP contribution in [-0.2, 0) is 15.2 Å². The van der Waals surface area contributed by atoms with Crippen LogP contribution in [0.5, 0.6) is 0 Å². The fourth-order valence-electron chi connectivity index (χ4n) is 2.09. The zero-order valence-corrected chi connectivity index (χ0v) is 9.50. The van der Waals surface area contributed by atoms with Gasteiger partial charge in [0.15, 0.2) is 5.67 Å². The maximum absolute atomic E-state index is 14.4. The molecule has 0 amide bonds. The monoisotopic (exact) mass is 222 g/mol. The van der Waals surface area contributed by atoms with Crippen molar-refractivity contribution in [3.8, 4) is 0 Å². The van der Waals surface area contributed by atoms with Gasteiger partial charge in [0, 0.05) is 6.42 Å². The van der Waals surface area contributed by atoms with Crippen molar-refractivity contribution in [1.82, 2.24) is 0 Å². The van der Waals surface area contributed by atoms with Gasteiger partial charge < -0.3 is 4.74 Å². The summed E-state index contributed by atoms with van der Waals surface area (Å²) < 4.78 is 19.3. The Kier molecular flexibility index (Phi) is 2.70. The summed E-state index contributed by atoms with van der Waals surface area (Å²) in [6.45, 7) is 3.89. The molecule has 0 radical (unpaired) electrons. The fraction of sp³-hybridized carbons (Fsp3) is 0.462. The van der Waals surface area contributed by atoms with Crippen molar-refractivity contribution >= 4 is 5.97 Å². The van der Waals surface area contributed by atoms with E-state index in [1.54, 1.807) is 19.1 Å². The van der Waals surface area contributed by atoms with Crippen LogP contribution in [0.3, 0.4) is 0 Å². The lowest BCUT2D eigenvalue weighted by Crippen LogP contribution is -2.14. The van der Waals surface area contributed by atoms with Crippen LogP contribution in [0.2, 0.25) is 0 Å². The lowest BCUT2D eigenvalue weighted by atomic mass is 10.0. The number of hydrogen-bond acceptors (Lipinski definition) is 2. The van der Waals surface area contributed by atoms with Crippen LogP contribution in [0.4, 0.5) is 4.39 Å². The summed E-state index contributed by atoms with van der Waals surface area (Å²) in [5, 5.41) is 0. The van der Waals surface area contributed by atoms with E-state index in [-0.39, 0.29) is 6.42 Å². The van der Waals surface area contributed by atoms with Gasteiger partial charge in [0.1, 0.15) is 0 Å². The molecule has 0 aliphatic heterocycles. The summed E-state index contributed by atoms with van der Waals surface area (Å²) in [5.41, 5.74) is 0.00211. The van der Waals surface area contributed by atoms with Gasteiger partial charge >= 0.3 is 5.97 Å². The van der Waals surface area contributed by atoms with Gasteiger partial charge in [-0.15, -0.1) is 0 Å². The Bertz CT molecular complexity index is 416. The Balaban J connectivity index is 2.19. The molecule has 0 N–H and O–H groups in total. The number of benzene rings is 1. The Morgan fingerprint density at radius 3 is 2.88 bits per heavy atom. The second kappa shape index (κ2) is 3.89. The molecule has 2 nitrogen and oxygen atoms in total. The number of ether oxygens (including phenoxy) is 1. The summed E-state index contributed by atoms with van der Waals surface area (Å²) in [6, 6.07) is 7.26. The van der Waals surface area contributed by atoms with Crippen LogP contribution in [0, 0.1) is 12.8 Å². The minimum absolute atomic E-state index is 0.247. The number of halogens is 1. The summed E-state index contributed by atoms with van der Waals surface area (Å²) in [7, 11) is 0. The van der Waals surface area contributed by atoms with Gasteiger partial charge in [-0.2, -0.15) is 0 Å². The zero-order chi connectivity index (χ0) is 11.8. The van der Waals surface area contributed by atoms with E-state index in [0.717, 1.165) is 5.56 Å². The molecule has 1 aliphatic carbocycles. The molecule has 1 saturated carbocycles. The van der Waals surface area contributed by atoms with Crippen molar-refractivity contribution in [2.24, 2.45) is 5.92 Å². The molecule has 1 aromatic carbocycles. The molecule has 2 atom stereocenters. The fourth-order valence-corrected chi connectivity index (χ4v) is 2.09. The van der Waals surface area contributed by atoms with Crippen molar-refractivity contribution in [3.63, 3.8) is 0 Å². The highest BCUT2D eigenvalue weighted by Crippen LogP contribution is 2.56. The van der Waals surface area contributed by atoms with E-state index in [2.05, 4.69) is 0 Å². The molecule has 0 unspecified atom stereocenters. The summed E-state index contributed by atoms with van der Waals surface area (Å²) in [5.74, 6) is -1.04. The Hall–Kier alpha value is -1.38. The van der Waals surface area contributed by atoms with E-state index in [9.17, 15) is 9.18 Å². The van der Waals surface area contributed by atoms with Crippen molar-refractivity contribution in [2.75, 3.05) is 6.61 Å². The van der Waals surface area contributed by atoms with E-state index in [1.165, 1.54) is 0 Å². The molecule has 0 heterocycles. The first-order valence-corrected chi connectivity index (χ1v) is 5.51. The van der Waals surface area contributed by atoms with Crippen molar-refractivity contribution in [1.29, 1.82) is 0 Å². The van der Waals surface area contributed by atoms with Gasteiger partial charge in [0.2, 0.25) is 0 Å². The van der Waals surface area contributed by atoms with E-state index < -0.39 is 17.6 Å². The molecular weight excluding hydrogens is 207 g/mol. The highest BCUT2D eigenvalue weighted by Gasteiger charge is 2.62. The predicted octanol–water partition coefficient (Wildman–Crippen LogP) is 2.74. The third-order valence-electron chi connectivity index (χ3n) is 3.06. The van der Waals surface area contributed by atoms with E-state index >= 15 is 0 Å². The molecule has 1 aliphatic rings. The molecule has 3 heteroatoms. The average Bonchev–Trinajstić information content (AvgIpc) is 2.93. The van der Waals surface area contributed by atoms with Crippen molar-refractivity contribution in [2.45, 2.75) is 25.9 Å². The number of esters is 1. The number of carbonyl (C=O) groups is 1. The number of carbonyl (C=O) groups excluding carboxylic acids is 1. The highest BCUT2D eigenvalue weighted by atomic mass is 19.1. The maximum Gasteiger partial charge on any atom is 0.312 e. The topological polar surface area (TPSA) is 26.3 Å². The summed E-state index contributed by atoms with van der Waals surface area (Å²) >= 11 is 0. The van der Waals surface area contributed by atoms with Crippen LogP contribution in [0.15, 0.2) is 24.3 Å². The third-order valence-corrected chi connectivity index (χ3v) is 3.06. The van der Waals surface area contributed by atoms with E-state index in [0.29, 0.717) is 12.2 Å². The Morgan fingerprint density at radius 1 is 1.56 bits per heavy atom. The summed E-state index contributed by atoms with van der Waals surface area (Å²) in [4.78, 5) is 11.4. The summed E-state index contributed by atoms with van der Waals surface area (Å²) in [6.07, 6.45) is 0.247. The second-order valence-corrected chi connectivity index (χ2v) is 4.19. The highest BCUT2D eigenvalue weighted by molar-refractivity contribution is 5.78. The van der Waals surface area contributed by atoms with Gasteiger partial charge in [0.25, 0.3) is 0 Å². The van der Waals surface area contributed by atoms with Gasteiger partial charge in [-0.1, -0.05) is 24.3 Å². The molecule has 0 saturated heterocycles. The molecule has 16 heavy (non-hydrogen) atoms. The first-order valence-electron chi connectivity index (χ1n) is 5.51. The van der Waals surface area contributed by atoms with E-state index in [1.807, 2.05) is 19.1 Å². The number of rotatable bonds is 3. The largest absolute Gasteiger partial charge is 0.466 e. The number of aryl methyl sites for hydroxylation is 1. The number of hydrogen-bond donors (Lipinski definition) is 0. The van der Waals surface area contributed by atoms with Gasteiger partial charge in [-0.3, -0.25) is 4.79 Å². The van der Waals surface area contributed by atoms with Gasteiger partial charge in [-0.25, -0.2) is 4.39 Å². The van der Waals surface area contributed by atoms with Crippen molar-refractivity contribution < 1.29 is 13.9 Å². The molecule has 2 rings (SSSR count). The quantitative estimate of drug-likeness (QED) is 0.735. The lowest BCUT2D eigenvalue weighted by molar-refractivity contribution is -0.145. The van der Waals surface area contributed by atoms with Gasteiger partial charge in [0.05, 0.1) is 12.5 Å². The minimum atomic E-state index is -1.50. The molecule has 0 spiro atoms. The van der Waals surface area contributed by atoms with Crippen LogP contribution in [-0.4, -0.2) is 12.6 Å².